The maximum absolute atomic E-state index is 12.5. The molecule has 6 heteroatoms. The van der Waals surface area contributed by atoms with Crippen LogP contribution < -0.4 is 10.3 Å². The van der Waals surface area contributed by atoms with Gasteiger partial charge in [0.15, 0.2) is 11.5 Å². The van der Waals surface area contributed by atoms with Crippen molar-refractivity contribution in [3.8, 4) is 28.6 Å². The zero-order valence-corrected chi connectivity index (χ0v) is 13.8. The van der Waals surface area contributed by atoms with Gasteiger partial charge in [-0.05, 0) is 61.1 Å². The highest BCUT2D eigenvalue weighted by atomic mass is 16.5. The molecule has 0 saturated heterocycles. The largest absolute Gasteiger partial charge is 0.504 e. The molecule has 0 bridgehead atoms. The van der Waals surface area contributed by atoms with Gasteiger partial charge >= 0.3 is 0 Å². The number of methoxy groups -OCH3 is 1. The van der Waals surface area contributed by atoms with Gasteiger partial charge in [-0.2, -0.15) is 0 Å². The van der Waals surface area contributed by atoms with E-state index in [-0.39, 0.29) is 22.8 Å². The van der Waals surface area contributed by atoms with E-state index in [1.807, 2.05) is 12.1 Å². The SMILES string of the molecule is COc1cc(-c2nc3cc4c(cc3c(=O)[nH]2)CCCC4)cc(O)c1O. The van der Waals surface area contributed by atoms with Gasteiger partial charge in [0.05, 0.1) is 18.0 Å². The number of phenols is 2. The maximum Gasteiger partial charge on any atom is 0.259 e. The second-order valence-corrected chi connectivity index (χ2v) is 6.31. The van der Waals surface area contributed by atoms with Gasteiger partial charge < -0.3 is 19.9 Å². The average Bonchev–Trinajstić information content (AvgIpc) is 2.62. The van der Waals surface area contributed by atoms with Crippen LogP contribution in [0.15, 0.2) is 29.1 Å². The van der Waals surface area contributed by atoms with E-state index < -0.39 is 0 Å². The Bertz CT molecular complexity index is 1040. The van der Waals surface area contributed by atoms with Crippen LogP contribution in [0.5, 0.6) is 17.2 Å². The van der Waals surface area contributed by atoms with Crippen molar-refractivity contribution in [3.63, 3.8) is 0 Å². The van der Waals surface area contributed by atoms with Gasteiger partial charge in [0.25, 0.3) is 5.56 Å². The number of phenolic OH excluding ortho intramolecular Hbond substituents is 2. The highest BCUT2D eigenvalue weighted by Gasteiger charge is 2.16. The summed E-state index contributed by atoms with van der Waals surface area (Å²) in [5.74, 6) is -0.240. The lowest BCUT2D eigenvalue weighted by atomic mass is 9.90. The van der Waals surface area contributed by atoms with Crippen molar-refractivity contribution in [1.82, 2.24) is 9.97 Å². The smallest absolute Gasteiger partial charge is 0.259 e. The Hall–Kier alpha value is -3.02. The molecule has 3 aromatic rings. The molecular weight excluding hydrogens is 320 g/mol. The molecule has 0 unspecified atom stereocenters. The molecule has 4 rings (SSSR count). The molecule has 6 nitrogen and oxygen atoms in total. The molecule has 1 heterocycles. The number of aromatic nitrogens is 2. The predicted octanol–water partition coefficient (Wildman–Crippen LogP) is 2.89. The monoisotopic (exact) mass is 338 g/mol. The quantitative estimate of drug-likeness (QED) is 0.625. The number of aryl methyl sites for hydroxylation is 2. The Labute approximate surface area is 143 Å². The number of nitrogens with one attached hydrogen (secondary N) is 1. The number of H-pyrrole nitrogens is 1. The van der Waals surface area contributed by atoms with Crippen molar-refractivity contribution < 1.29 is 14.9 Å². The van der Waals surface area contributed by atoms with Gasteiger partial charge in [-0.1, -0.05) is 0 Å². The minimum Gasteiger partial charge on any atom is -0.504 e. The van der Waals surface area contributed by atoms with Crippen LogP contribution in [0.4, 0.5) is 0 Å². The molecule has 1 aliphatic carbocycles. The van der Waals surface area contributed by atoms with Crippen molar-refractivity contribution in [2.75, 3.05) is 7.11 Å². The first kappa shape index (κ1) is 15.5. The number of hydrogen-bond acceptors (Lipinski definition) is 5. The van der Waals surface area contributed by atoms with E-state index in [9.17, 15) is 15.0 Å². The van der Waals surface area contributed by atoms with E-state index in [2.05, 4.69) is 9.97 Å². The van der Waals surface area contributed by atoms with Crippen LogP contribution in [-0.2, 0) is 12.8 Å². The molecule has 0 amide bonds. The second-order valence-electron chi connectivity index (χ2n) is 6.31. The molecule has 25 heavy (non-hydrogen) atoms. The Kier molecular flexibility index (Phi) is 3.60. The van der Waals surface area contributed by atoms with Gasteiger partial charge in [-0.15, -0.1) is 0 Å². The third-order valence-electron chi connectivity index (χ3n) is 4.72. The van der Waals surface area contributed by atoms with Crippen molar-refractivity contribution in [1.29, 1.82) is 0 Å². The van der Waals surface area contributed by atoms with Gasteiger partial charge in [-0.25, -0.2) is 4.98 Å². The van der Waals surface area contributed by atoms with E-state index in [0.29, 0.717) is 22.3 Å². The Balaban J connectivity index is 1.92. The minimum atomic E-state index is -0.344. The molecule has 0 aliphatic heterocycles. The van der Waals surface area contributed by atoms with E-state index in [4.69, 9.17) is 4.74 Å². The summed E-state index contributed by atoms with van der Waals surface area (Å²) < 4.78 is 5.05. The summed E-state index contributed by atoms with van der Waals surface area (Å²) in [5, 5.41) is 20.2. The van der Waals surface area contributed by atoms with Crippen molar-refractivity contribution in [2.45, 2.75) is 25.7 Å². The summed E-state index contributed by atoms with van der Waals surface area (Å²) in [7, 11) is 1.39. The number of aromatic amines is 1. The first-order chi connectivity index (χ1) is 12.1. The van der Waals surface area contributed by atoms with E-state index in [0.717, 1.165) is 25.7 Å². The molecule has 0 saturated carbocycles. The van der Waals surface area contributed by atoms with Crippen molar-refractivity contribution in [3.05, 3.63) is 45.7 Å². The zero-order chi connectivity index (χ0) is 17.6. The number of nitrogens with zero attached hydrogens (tertiary/aromatic N) is 1. The van der Waals surface area contributed by atoms with Crippen LogP contribution in [0.2, 0.25) is 0 Å². The first-order valence-corrected chi connectivity index (χ1v) is 8.23. The van der Waals surface area contributed by atoms with Crippen molar-refractivity contribution in [2.24, 2.45) is 0 Å². The van der Waals surface area contributed by atoms with Gasteiger partial charge in [-0.3, -0.25) is 4.79 Å². The molecule has 3 N–H and O–H groups in total. The second kappa shape index (κ2) is 5.81. The maximum atomic E-state index is 12.5. The molecule has 0 atom stereocenters. The van der Waals surface area contributed by atoms with Crippen LogP contribution in [0.3, 0.4) is 0 Å². The molecule has 0 fully saturated rings. The summed E-state index contributed by atoms with van der Waals surface area (Å²) in [4.78, 5) is 19.8. The zero-order valence-electron chi connectivity index (χ0n) is 13.8. The number of ether oxygens (including phenoxy) is 1. The predicted molar refractivity (Wildman–Crippen MR) is 94.3 cm³/mol. The summed E-state index contributed by atoms with van der Waals surface area (Å²) >= 11 is 0. The lowest BCUT2D eigenvalue weighted by molar-refractivity contribution is 0.351. The van der Waals surface area contributed by atoms with E-state index in [1.54, 1.807) is 0 Å². The summed E-state index contributed by atoms with van der Waals surface area (Å²) in [6, 6.07) is 6.80. The van der Waals surface area contributed by atoms with Crippen molar-refractivity contribution >= 4 is 10.9 Å². The Morgan fingerprint density at radius 3 is 2.52 bits per heavy atom. The Morgan fingerprint density at radius 1 is 1.08 bits per heavy atom. The normalized spacial score (nSPS) is 13.6. The van der Waals surface area contributed by atoms with Gasteiger partial charge in [0, 0.05) is 5.56 Å². The molecule has 128 valence electrons. The molecule has 1 aliphatic rings. The summed E-state index contributed by atoms with van der Waals surface area (Å²) in [6.45, 7) is 0. The molecule has 0 spiro atoms. The fourth-order valence-corrected chi connectivity index (χ4v) is 3.39. The molecule has 0 radical (unpaired) electrons. The summed E-state index contributed by atoms with van der Waals surface area (Å²) in [5.41, 5.74) is 3.34. The fraction of sp³-hybridized carbons (Fsp3) is 0.263. The van der Waals surface area contributed by atoms with Gasteiger partial charge in [0.2, 0.25) is 5.75 Å². The summed E-state index contributed by atoms with van der Waals surface area (Å²) in [6.07, 6.45) is 4.30. The standard InChI is InChI=1S/C19H18N2O4/c1-25-16-9-12(8-15(22)17(16)23)18-20-14-7-11-5-3-2-4-10(11)6-13(14)19(24)21-18/h6-9,22-23H,2-5H2,1H3,(H,20,21,24). The number of hydrogen-bond donors (Lipinski definition) is 3. The van der Waals surface area contributed by atoms with Crippen LogP contribution in [-0.4, -0.2) is 27.3 Å². The van der Waals surface area contributed by atoms with E-state index in [1.165, 1.54) is 30.4 Å². The third-order valence-corrected chi connectivity index (χ3v) is 4.72. The molecule has 1 aromatic heterocycles. The lowest BCUT2D eigenvalue weighted by Gasteiger charge is -2.16. The highest BCUT2D eigenvalue weighted by molar-refractivity contribution is 5.82. The number of fused-ring (bicyclic) bond motifs is 2. The average molecular weight is 338 g/mol. The van der Waals surface area contributed by atoms with Crippen LogP contribution >= 0.6 is 0 Å². The molecule has 2 aromatic carbocycles. The lowest BCUT2D eigenvalue weighted by Crippen LogP contribution is -2.12. The Morgan fingerprint density at radius 2 is 1.80 bits per heavy atom. The number of rotatable bonds is 2. The minimum absolute atomic E-state index is 0.114. The van der Waals surface area contributed by atoms with E-state index >= 15 is 0 Å². The topological polar surface area (TPSA) is 95.4 Å². The fourth-order valence-electron chi connectivity index (χ4n) is 3.39. The molecular formula is C19H18N2O4. The third kappa shape index (κ3) is 2.59. The van der Waals surface area contributed by atoms with Crippen LogP contribution in [0.1, 0.15) is 24.0 Å². The van der Waals surface area contributed by atoms with Gasteiger partial charge in [0.1, 0.15) is 5.82 Å². The number of benzene rings is 2. The number of aromatic hydroxyl groups is 2. The highest BCUT2D eigenvalue weighted by Crippen LogP contribution is 2.38. The first-order valence-electron chi connectivity index (χ1n) is 8.23. The van der Waals surface area contributed by atoms with Crippen LogP contribution in [0, 0.1) is 0 Å². The van der Waals surface area contributed by atoms with Crippen LogP contribution in [0.25, 0.3) is 22.3 Å².